The summed E-state index contributed by atoms with van der Waals surface area (Å²) in [5, 5.41) is 0. The summed E-state index contributed by atoms with van der Waals surface area (Å²) in [6.07, 6.45) is 2.77. The molecule has 0 spiro atoms. The van der Waals surface area contributed by atoms with E-state index in [0.29, 0.717) is 17.6 Å². The summed E-state index contributed by atoms with van der Waals surface area (Å²) in [6, 6.07) is 0. The first-order valence-corrected chi connectivity index (χ1v) is 12.1. The van der Waals surface area contributed by atoms with Gasteiger partial charge in [-0.3, -0.25) is 4.79 Å². The smallest absolute Gasteiger partial charge is 0.342 e. The summed E-state index contributed by atoms with van der Waals surface area (Å²) >= 11 is 0. The predicted octanol–water partition coefficient (Wildman–Crippen LogP) is 7.17. The van der Waals surface area contributed by atoms with Crippen molar-refractivity contribution in [3.63, 3.8) is 0 Å². The third-order valence-corrected chi connectivity index (χ3v) is 6.03. The Labute approximate surface area is 193 Å². The minimum Gasteiger partial charge on any atom is -0.342 e. The standard InChI is InChI=1S/C17H33NO.C6H5F3N2.C2H6/c1-6-16(8-7-13(2)3)17(19)18-11-9-14(4)15(5)10-12-18;1-4-10-2-5(3-11-4)6(7,8)9;1-2/h13-16H,6-12H2,1-5H3;2-3H,1H3;1-2H3. The topological polar surface area (TPSA) is 46.1 Å². The molecule has 2 rings (SSSR count). The van der Waals surface area contributed by atoms with Gasteiger partial charge in [0.15, 0.2) is 0 Å². The zero-order chi connectivity index (χ0) is 24.9. The van der Waals surface area contributed by atoms with Crippen molar-refractivity contribution in [3.8, 4) is 0 Å². The van der Waals surface area contributed by atoms with Gasteiger partial charge in [-0.15, -0.1) is 0 Å². The molecule has 3 unspecified atom stereocenters. The van der Waals surface area contributed by atoms with E-state index in [4.69, 9.17) is 0 Å². The van der Waals surface area contributed by atoms with Crippen LogP contribution in [-0.2, 0) is 11.0 Å². The Bertz CT molecular complexity index is 620. The first-order chi connectivity index (χ1) is 15.0. The number of aromatic nitrogens is 2. The second kappa shape index (κ2) is 15.2. The van der Waals surface area contributed by atoms with Gasteiger partial charge in [0.1, 0.15) is 5.82 Å². The van der Waals surface area contributed by atoms with E-state index in [-0.39, 0.29) is 5.92 Å². The maximum Gasteiger partial charge on any atom is 0.419 e. The van der Waals surface area contributed by atoms with Gasteiger partial charge in [-0.25, -0.2) is 9.97 Å². The van der Waals surface area contributed by atoms with Gasteiger partial charge in [0.05, 0.1) is 5.56 Å². The highest BCUT2D eigenvalue weighted by Gasteiger charge is 2.31. The van der Waals surface area contributed by atoms with Gasteiger partial charge in [-0.1, -0.05) is 54.9 Å². The van der Waals surface area contributed by atoms with Crippen molar-refractivity contribution in [3.05, 3.63) is 23.8 Å². The van der Waals surface area contributed by atoms with Crippen LogP contribution >= 0.6 is 0 Å². The van der Waals surface area contributed by atoms with Crippen LogP contribution in [0.25, 0.3) is 0 Å². The molecule has 1 aromatic heterocycles. The molecule has 2 heterocycles. The molecule has 0 N–H and O–H groups in total. The minimum absolute atomic E-state index is 0.256. The monoisotopic (exact) mass is 459 g/mol. The Kier molecular flexibility index (Phi) is 14.4. The van der Waals surface area contributed by atoms with E-state index in [1.54, 1.807) is 0 Å². The summed E-state index contributed by atoms with van der Waals surface area (Å²) in [5.74, 6) is 3.22. The highest BCUT2D eigenvalue weighted by molar-refractivity contribution is 5.78. The molecule has 1 amide bonds. The molecule has 0 radical (unpaired) electrons. The molecule has 3 atom stereocenters. The lowest BCUT2D eigenvalue weighted by Crippen LogP contribution is -2.37. The third-order valence-electron chi connectivity index (χ3n) is 6.03. The Morgan fingerprint density at radius 2 is 1.53 bits per heavy atom. The van der Waals surface area contributed by atoms with Crippen molar-refractivity contribution >= 4 is 5.91 Å². The molecule has 32 heavy (non-hydrogen) atoms. The fraction of sp³-hybridized carbons (Fsp3) is 0.800. The van der Waals surface area contributed by atoms with Gasteiger partial charge >= 0.3 is 6.18 Å². The van der Waals surface area contributed by atoms with Crippen molar-refractivity contribution < 1.29 is 18.0 Å². The number of likely N-dealkylation sites (tertiary alicyclic amines) is 1. The number of hydrogen-bond donors (Lipinski definition) is 0. The normalized spacial score (nSPS) is 19.8. The molecule has 7 heteroatoms. The average Bonchev–Trinajstić information content (AvgIpc) is 2.91. The van der Waals surface area contributed by atoms with Crippen molar-refractivity contribution in [1.29, 1.82) is 0 Å². The second-order valence-electron chi connectivity index (χ2n) is 8.95. The predicted molar refractivity (Wildman–Crippen MR) is 125 cm³/mol. The maximum atomic E-state index is 12.6. The molecule has 1 fully saturated rings. The molecule has 4 nitrogen and oxygen atoms in total. The van der Waals surface area contributed by atoms with Crippen molar-refractivity contribution in [2.75, 3.05) is 13.1 Å². The zero-order valence-corrected chi connectivity index (χ0v) is 21.3. The van der Waals surface area contributed by atoms with Gasteiger partial charge in [-0.2, -0.15) is 13.2 Å². The number of nitrogens with zero attached hydrogens (tertiary/aromatic N) is 3. The number of alkyl halides is 3. The summed E-state index contributed by atoms with van der Waals surface area (Å²) < 4.78 is 35.5. The van der Waals surface area contributed by atoms with E-state index >= 15 is 0 Å². The van der Waals surface area contributed by atoms with Gasteiger partial charge in [0.2, 0.25) is 5.91 Å². The molecule has 186 valence electrons. The molecule has 0 aromatic carbocycles. The number of hydrogen-bond acceptors (Lipinski definition) is 3. The first kappa shape index (κ1) is 30.3. The highest BCUT2D eigenvalue weighted by Crippen LogP contribution is 2.28. The van der Waals surface area contributed by atoms with Crippen LogP contribution in [0.5, 0.6) is 0 Å². The van der Waals surface area contributed by atoms with Gasteiger partial charge in [0, 0.05) is 31.4 Å². The Morgan fingerprint density at radius 1 is 1.06 bits per heavy atom. The van der Waals surface area contributed by atoms with Crippen LogP contribution in [0.2, 0.25) is 0 Å². The van der Waals surface area contributed by atoms with E-state index in [0.717, 1.165) is 50.2 Å². The summed E-state index contributed by atoms with van der Waals surface area (Å²) in [4.78, 5) is 21.6. The van der Waals surface area contributed by atoms with Crippen LogP contribution in [0, 0.1) is 30.6 Å². The quantitative estimate of drug-likeness (QED) is 0.469. The Morgan fingerprint density at radius 3 is 1.91 bits per heavy atom. The van der Waals surface area contributed by atoms with Crippen molar-refractivity contribution in [1.82, 2.24) is 14.9 Å². The Hall–Kier alpha value is -1.66. The van der Waals surface area contributed by atoms with E-state index in [1.165, 1.54) is 26.2 Å². The van der Waals surface area contributed by atoms with Crippen LogP contribution in [-0.4, -0.2) is 33.9 Å². The van der Waals surface area contributed by atoms with Gasteiger partial charge in [0.25, 0.3) is 0 Å². The molecule has 0 saturated carbocycles. The largest absolute Gasteiger partial charge is 0.419 e. The lowest BCUT2D eigenvalue weighted by Gasteiger charge is -2.26. The average molecular weight is 460 g/mol. The van der Waals surface area contributed by atoms with E-state index in [9.17, 15) is 18.0 Å². The maximum absolute atomic E-state index is 12.6. The van der Waals surface area contributed by atoms with Crippen molar-refractivity contribution in [2.24, 2.45) is 23.7 Å². The van der Waals surface area contributed by atoms with Crippen molar-refractivity contribution in [2.45, 2.75) is 93.7 Å². The number of carbonyl (C=O) groups excluding carboxylic acids is 1. The number of amides is 1. The SMILES string of the molecule is CC.CCC(CCC(C)C)C(=O)N1CCC(C)C(C)CC1.Cc1ncc(C(F)(F)F)cn1. The molecule has 1 saturated heterocycles. The van der Waals surface area contributed by atoms with E-state index < -0.39 is 11.7 Å². The summed E-state index contributed by atoms with van der Waals surface area (Å²) in [5.41, 5.74) is -0.817. The molecule has 0 aliphatic carbocycles. The van der Waals surface area contributed by atoms with Crippen LogP contribution < -0.4 is 0 Å². The van der Waals surface area contributed by atoms with Crippen LogP contribution in [0.4, 0.5) is 13.2 Å². The van der Waals surface area contributed by atoms with Crippen LogP contribution in [0.1, 0.15) is 92.0 Å². The third kappa shape index (κ3) is 11.3. The fourth-order valence-corrected chi connectivity index (χ4v) is 3.45. The highest BCUT2D eigenvalue weighted by atomic mass is 19.4. The molecule has 1 aliphatic rings. The summed E-state index contributed by atoms with van der Waals surface area (Å²) in [6.45, 7) is 18.8. The number of aryl methyl sites for hydroxylation is 1. The fourth-order valence-electron chi connectivity index (χ4n) is 3.45. The van der Waals surface area contributed by atoms with Gasteiger partial charge < -0.3 is 4.90 Å². The van der Waals surface area contributed by atoms with E-state index in [2.05, 4.69) is 49.5 Å². The first-order valence-electron chi connectivity index (χ1n) is 12.1. The number of halogens is 3. The molecule has 1 aliphatic heterocycles. The molecular weight excluding hydrogens is 415 g/mol. The Balaban J connectivity index is 0.000000626. The molecular formula is C25H44F3N3O. The number of rotatable bonds is 5. The number of carbonyl (C=O) groups is 1. The lowest BCUT2D eigenvalue weighted by atomic mass is 9.92. The lowest BCUT2D eigenvalue weighted by molar-refractivity contribution is -0.138. The van der Waals surface area contributed by atoms with Crippen LogP contribution in [0.15, 0.2) is 12.4 Å². The summed E-state index contributed by atoms with van der Waals surface area (Å²) in [7, 11) is 0. The zero-order valence-electron chi connectivity index (χ0n) is 21.3. The molecule has 1 aromatic rings. The molecule has 0 bridgehead atoms. The van der Waals surface area contributed by atoms with Crippen LogP contribution in [0.3, 0.4) is 0 Å². The minimum atomic E-state index is -4.34. The van der Waals surface area contributed by atoms with E-state index in [1.807, 2.05) is 13.8 Å². The second-order valence-corrected chi connectivity index (χ2v) is 8.95. The van der Waals surface area contributed by atoms with Gasteiger partial charge in [-0.05, 0) is 50.4 Å².